The number of nitrogens with one attached hydrogen (secondary N) is 2. The van der Waals surface area contributed by atoms with Crippen LogP contribution in [0, 0.1) is 5.82 Å². The number of hydrogen-bond acceptors (Lipinski definition) is 9. The molecule has 3 heterocycles. The average Bonchev–Trinajstić information content (AvgIpc) is 3.38. The first-order valence-electron chi connectivity index (χ1n) is 11.9. The second-order valence-electron chi connectivity index (χ2n) is 9.00. The molecule has 2 aromatic rings. The molecular formula is C22H27F4N7O4S. The van der Waals surface area contributed by atoms with Gasteiger partial charge in [0, 0.05) is 18.8 Å². The molecular weight excluding hydrogens is 534 g/mol. The monoisotopic (exact) mass is 561 g/mol. The molecule has 16 heteroatoms. The Kier molecular flexibility index (Phi) is 8.20. The maximum Gasteiger partial charge on any atom is 0.422 e. The van der Waals surface area contributed by atoms with E-state index in [2.05, 4.69) is 25.6 Å². The van der Waals surface area contributed by atoms with E-state index < -0.39 is 52.5 Å². The molecule has 2 aliphatic heterocycles. The number of carbonyl (C=O) groups excluding carboxylic acids is 1. The Labute approximate surface area is 216 Å². The lowest BCUT2D eigenvalue weighted by atomic mass is 10.1. The standard InChI is InChI=1S/C22H27F4N7O4S/c1-38(35,36)33(15-6-8-27-9-7-15)20-29-19(30-21(31-20)37-13-22(24,25)26)28-14-4-5-17(23)16(12-14)18(34)32-10-2-3-11-32/h4-5,12,15,27H,2-3,6-11,13H2,1H3,(H,28,29,30,31). The molecule has 38 heavy (non-hydrogen) atoms. The number of amides is 1. The van der Waals surface area contributed by atoms with Crippen molar-refractivity contribution in [2.45, 2.75) is 37.9 Å². The summed E-state index contributed by atoms with van der Waals surface area (Å²) in [5.41, 5.74) is -0.0483. The van der Waals surface area contributed by atoms with Gasteiger partial charge in [-0.2, -0.15) is 28.1 Å². The molecule has 2 aliphatic rings. The number of piperidine rings is 1. The van der Waals surface area contributed by atoms with Crippen LogP contribution in [0.5, 0.6) is 6.01 Å². The smallest absolute Gasteiger partial charge is 0.422 e. The van der Waals surface area contributed by atoms with Crippen molar-refractivity contribution in [3.8, 4) is 6.01 Å². The van der Waals surface area contributed by atoms with Gasteiger partial charge in [-0.3, -0.25) is 4.79 Å². The molecule has 0 radical (unpaired) electrons. The van der Waals surface area contributed by atoms with Crippen LogP contribution in [-0.2, 0) is 10.0 Å². The van der Waals surface area contributed by atoms with Crippen LogP contribution in [0.15, 0.2) is 18.2 Å². The minimum atomic E-state index is -4.70. The second kappa shape index (κ2) is 11.2. The largest absolute Gasteiger partial charge is 0.454 e. The lowest BCUT2D eigenvalue weighted by Gasteiger charge is -2.32. The molecule has 0 unspecified atom stereocenters. The molecule has 0 saturated carbocycles. The number of alkyl halides is 3. The summed E-state index contributed by atoms with van der Waals surface area (Å²) in [6.45, 7) is 0.337. The quantitative estimate of drug-likeness (QED) is 0.467. The Hall–Kier alpha value is -3.27. The van der Waals surface area contributed by atoms with Crippen LogP contribution in [0.3, 0.4) is 0 Å². The van der Waals surface area contributed by atoms with Crippen molar-refractivity contribution in [2.24, 2.45) is 0 Å². The van der Waals surface area contributed by atoms with E-state index in [0.717, 1.165) is 29.5 Å². The van der Waals surface area contributed by atoms with Gasteiger partial charge in [-0.05, 0) is 57.0 Å². The first-order valence-corrected chi connectivity index (χ1v) is 13.8. The maximum absolute atomic E-state index is 14.5. The molecule has 2 saturated heterocycles. The fourth-order valence-corrected chi connectivity index (χ4v) is 5.45. The molecule has 0 spiro atoms. The van der Waals surface area contributed by atoms with Crippen LogP contribution in [0.2, 0.25) is 0 Å². The minimum absolute atomic E-state index is 0.153. The molecule has 208 valence electrons. The number of likely N-dealkylation sites (tertiary alicyclic amines) is 1. The number of benzene rings is 1. The Balaban J connectivity index is 1.69. The Bertz CT molecular complexity index is 1270. The number of carbonyl (C=O) groups is 1. The van der Waals surface area contributed by atoms with E-state index in [1.54, 1.807) is 0 Å². The molecule has 1 aromatic carbocycles. The van der Waals surface area contributed by atoms with Crippen molar-refractivity contribution in [2.75, 3.05) is 48.7 Å². The molecule has 0 atom stereocenters. The van der Waals surface area contributed by atoms with E-state index in [9.17, 15) is 30.8 Å². The van der Waals surface area contributed by atoms with Crippen molar-refractivity contribution in [3.05, 3.63) is 29.6 Å². The zero-order valence-electron chi connectivity index (χ0n) is 20.5. The molecule has 11 nitrogen and oxygen atoms in total. The van der Waals surface area contributed by atoms with Gasteiger partial charge in [0.1, 0.15) is 5.82 Å². The van der Waals surface area contributed by atoms with Gasteiger partial charge in [-0.25, -0.2) is 17.1 Å². The van der Waals surface area contributed by atoms with Gasteiger partial charge in [0.2, 0.25) is 21.9 Å². The minimum Gasteiger partial charge on any atom is -0.454 e. The van der Waals surface area contributed by atoms with Crippen LogP contribution in [0.25, 0.3) is 0 Å². The van der Waals surface area contributed by atoms with Gasteiger partial charge < -0.3 is 20.3 Å². The fourth-order valence-electron chi connectivity index (χ4n) is 4.32. The average molecular weight is 562 g/mol. The number of nitrogens with zero attached hydrogens (tertiary/aromatic N) is 5. The number of sulfonamides is 1. The Morgan fingerprint density at radius 3 is 2.50 bits per heavy atom. The zero-order chi connectivity index (χ0) is 27.5. The van der Waals surface area contributed by atoms with E-state index >= 15 is 0 Å². The first kappa shape index (κ1) is 27.8. The lowest BCUT2D eigenvalue weighted by Crippen LogP contribution is -2.46. The SMILES string of the molecule is CS(=O)(=O)N(c1nc(Nc2ccc(F)c(C(=O)N3CCCC3)c2)nc(OCC(F)(F)F)n1)C1CCNCC1. The highest BCUT2D eigenvalue weighted by atomic mass is 32.2. The second-order valence-corrected chi connectivity index (χ2v) is 10.9. The summed E-state index contributed by atoms with van der Waals surface area (Å²) in [7, 11) is -3.95. The van der Waals surface area contributed by atoms with Gasteiger partial charge in [-0.15, -0.1) is 0 Å². The van der Waals surface area contributed by atoms with E-state index in [1.807, 2.05) is 0 Å². The van der Waals surface area contributed by atoms with Crippen LogP contribution in [0.4, 0.5) is 35.1 Å². The zero-order valence-corrected chi connectivity index (χ0v) is 21.3. The summed E-state index contributed by atoms with van der Waals surface area (Å²) in [5.74, 6) is -2.01. The van der Waals surface area contributed by atoms with Crippen LogP contribution >= 0.6 is 0 Å². The van der Waals surface area contributed by atoms with Crippen molar-refractivity contribution in [1.29, 1.82) is 0 Å². The fraction of sp³-hybridized carbons (Fsp3) is 0.545. The topological polar surface area (TPSA) is 130 Å². The third-order valence-electron chi connectivity index (χ3n) is 6.01. The number of ether oxygens (including phenoxy) is 1. The summed E-state index contributed by atoms with van der Waals surface area (Å²) >= 11 is 0. The summed E-state index contributed by atoms with van der Waals surface area (Å²) in [5, 5.41) is 5.82. The predicted molar refractivity (Wildman–Crippen MR) is 129 cm³/mol. The van der Waals surface area contributed by atoms with Crippen molar-refractivity contribution in [1.82, 2.24) is 25.2 Å². The van der Waals surface area contributed by atoms with Crippen molar-refractivity contribution < 1.29 is 35.5 Å². The lowest BCUT2D eigenvalue weighted by molar-refractivity contribution is -0.154. The van der Waals surface area contributed by atoms with Crippen molar-refractivity contribution in [3.63, 3.8) is 0 Å². The van der Waals surface area contributed by atoms with Crippen LogP contribution in [-0.4, -0.2) is 85.4 Å². The van der Waals surface area contributed by atoms with Gasteiger partial charge in [0.25, 0.3) is 5.91 Å². The Morgan fingerprint density at radius 2 is 1.87 bits per heavy atom. The molecule has 4 rings (SSSR count). The summed E-state index contributed by atoms with van der Waals surface area (Å²) in [6, 6.07) is 2.28. The van der Waals surface area contributed by atoms with E-state index in [4.69, 9.17) is 4.74 Å². The highest BCUT2D eigenvalue weighted by Gasteiger charge is 2.33. The van der Waals surface area contributed by atoms with Gasteiger partial charge >= 0.3 is 12.2 Å². The molecule has 2 N–H and O–H groups in total. The molecule has 0 aliphatic carbocycles. The number of hydrogen-bond donors (Lipinski definition) is 2. The first-order chi connectivity index (χ1) is 17.9. The van der Waals surface area contributed by atoms with Crippen LogP contribution in [0.1, 0.15) is 36.0 Å². The summed E-state index contributed by atoms with van der Waals surface area (Å²) in [4.78, 5) is 26.1. The number of rotatable bonds is 8. The highest BCUT2D eigenvalue weighted by Crippen LogP contribution is 2.27. The third kappa shape index (κ3) is 6.98. The number of anilines is 3. The third-order valence-corrected chi connectivity index (χ3v) is 7.18. The van der Waals surface area contributed by atoms with E-state index in [1.165, 1.54) is 17.0 Å². The molecule has 0 bridgehead atoms. The van der Waals surface area contributed by atoms with Gasteiger partial charge in [-0.1, -0.05) is 0 Å². The summed E-state index contributed by atoms with van der Waals surface area (Å²) < 4.78 is 84.0. The van der Waals surface area contributed by atoms with E-state index in [0.29, 0.717) is 39.0 Å². The Morgan fingerprint density at radius 1 is 1.18 bits per heavy atom. The molecule has 1 amide bonds. The molecule has 2 fully saturated rings. The molecule has 1 aromatic heterocycles. The predicted octanol–water partition coefficient (Wildman–Crippen LogP) is 2.45. The van der Waals surface area contributed by atoms with Gasteiger partial charge in [0.05, 0.1) is 17.9 Å². The van der Waals surface area contributed by atoms with Gasteiger partial charge in [0.15, 0.2) is 6.61 Å². The van der Waals surface area contributed by atoms with E-state index in [-0.39, 0.29) is 17.2 Å². The normalized spacial score (nSPS) is 16.9. The highest BCUT2D eigenvalue weighted by molar-refractivity contribution is 7.92. The van der Waals surface area contributed by atoms with Crippen molar-refractivity contribution >= 4 is 33.5 Å². The number of halogens is 4. The number of aromatic nitrogens is 3. The van der Waals surface area contributed by atoms with Crippen LogP contribution < -0.4 is 19.7 Å². The summed E-state index contributed by atoms with van der Waals surface area (Å²) in [6.07, 6.45) is -1.30. The maximum atomic E-state index is 14.5.